The van der Waals surface area contributed by atoms with Gasteiger partial charge in [0.15, 0.2) is 11.0 Å². The number of thiophene rings is 1. The molecule has 2 heterocycles. The molecule has 7 heteroatoms. The highest BCUT2D eigenvalue weighted by Crippen LogP contribution is 2.31. The van der Waals surface area contributed by atoms with E-state index < -0.39 is 0 Å². The fourth-order valence-electron chi connectivity index (χ4n) is 2.27. The Balaban J connectivity index is 1.83. The molecule has 0 aliphatic heterocycles. The van der Waals surface area contributed by atoms with Gasteiger partial charge in [-0.05, 0) is 36.6 Å². The number of halogens is 1. The van der Waals surface area contributed by atoms with Crippen LogP contribution in [0.15, 0.2) is 40.9 Å². The van der Waals surface area contributed by atoms with Crippen molar-refractivity contribution in [2.24, 2.45) is 0 Å². The molecule has 120 valence electrons. The van der Waals surface area contributed by atoms with Gasteiger partial charge in [0.2, 0.25) is 0 Å². The Morgan fingerprint density at radius 1 is 1.30 bits per heavy atom. The average molecular weight is 349 g/mol. The number of hydrogen-bond acceptors (Lipinski definition) is 5. The maximum Gasteiger partial charge on any atom is 0.191 e. The summed E-state index contributed by atoms with van der Waals surface area (Å²) in [5.74, 6) is 1.86. The van der Waals surface area contributed by atoms with Crippen molar-refractivity contribution >= 4 is 23.1 Å². The molecule has 0 unspecified atom stereocenters. The van der Waals surface area contributed by atoms with E-state index in [0.29, 0.717) is 11.5 Å². The Bertz CT molecular complexity index is 787. The summed E-state index contributed by atoms with van der Waals surface area (Å²) in [6, 6.07) is 8.58. The number of benzene rings is 1. The number of methoxy groups -OCH3 is 1. The Morgan fingerprint density at radius 3 is 2.87 bits per heavy atom. The second kappa shape index (κ2) is 7.14. The van der Waals surface area contributed by atoms with Crippen LogP contribution in [0.4, 0.5) is 4.39 Å². The number of rotatable bonds is 6. The van der Waals surface area contributed by atoms with Crippen LogP contribution in [-0.4, -0.2) is 21.9 Å². The third-order valence-corrected chi connectivity index (χ3v) is 5.26. The van der Waals surface area contributed by atoms with Gasteiger partial charge in [-0.25, -0.2) is 4.39 Å². The number of hydrogen-bond donors (Lipinski definition) is 0. The third-order valence-electron chi connectivity index (χ3n) is 3.37. The first-order chi connectivity index (χ1) is 11.2. The summed E-state index contributed by atoms with van der Waals surface area (Å²) in [5, 5.41) is 11.4. The number of thioether (sulfide) groups is 1. The summed E-state index contributed by atoms with van der Waals surface area (Å²) in [6.07, 6.45) is 0. The molecule has 3 aromatic rings. The lowest BCUT2D eigenvalue weighted by molar-refractivity contribution is 0.410. The van der Waals surface area contributed by atoms with Gasteiger partial charge in [0, 0.05) is 17.9 Å². The lowest BCUT2D eigenvalue weighted by Gasteiger charge is -2.09. The van der Waals surface area contributed by atoms with Crippen molar-refractivity contribution < 1.29 is 9.13 Å². The van der Waals surface area contributed by atoms with Gasteiger partial charge in [0.1, 0.15) is 11.6 Å². The van der Waals surface area contributed by atoms with Gasteiger partial charge in [-0.3, -0.25) is 0 Å². The molecule has 23 heavy (non-hydrogen) atoms. The minimum absolute atomic E-state index is 0.266. The van der Waals surface area contributed by atoms with Crippen LogP contribution in [0, 0.1) is 5.82 Å². The Labute approximate surface area is 142 Å². The predicted molar refractivity (Wildman–Crippen MR) is 91.5 cm³/mol. The van der Waals surface area contributed by atoms with E-state index in [4.69, 9.17) is 4.74 Å². The third kappa shape index (κ3) is 3.40. The molecule has 0 saturated carbocycles. The summed E-state index contributed by atoms with van der Waals surface area (Å²) in [6.45, 7) is 2.84. The molecule has 4 nitrogen and oxygen atoms in total. The predicted octanol–water partition coefficient (Wildman–Crippen LogP) is 4.47. The van der Waals surface area contributed by atoms with Crippen LogP contribution in [0.3, 0.4) is 0 Å². The van der Waals surface area contributed by atoms with Crippen LogP contribution in [0.25, 0.3) is 10.7 Å². The molecule has 0 fully saturated rings. The van der Waals surface area contributed by atoms with Gasteiger partial charge < -0.3 is 9.30 Å². The number of aromatic nitrogens is 3. The van der Waals surface area contributed by atoms with Gasteiger partial charge in [-0.15, -0.1) is 21.5 Å². The summed E-state index contributed by atoms with van der Waals surface area (Å²) in [7, 11) is 1.59. The molecule has 0 radical (unpaired) electrons. The fourth-order valence-corrected chi connectivity index (χ4v) is 3.97. The van der Waals surface area contributed by atoms with Crippen LogP contribution in [-0.2, 0) is 12.3 Å². The van der Waals surface area contributed by atoms with E-state index in [9.17, 15) is 4.39 Å². The topological polar surface area (TPSA) is 39.9 Å². The zero-order chi connectivity index (χ0) is 16.2. The quantitative estimate of drug-likeness (QED) is 0.616. The average Bonchev–Trinajstić information content (AvgIpc) is 3.21. The highest BCUT2D eigenvalue weighted by atomic mass is 32.2. The number of ether oxygens (including phenoxy) is 1. The number of nitrogens with zero attached hydrogens (tertiary/aromatic N) is 3. The Morgan fingerprint density at radius 2 is 2.17 bits per heavy atom. The van der Waals surface area contributed by atoms with Crippen LogP contribution >= 0.6 is 23.1 Å². The van der Waals surface area contributed by atoms with Crippen molar-refractivity contribution in [2.75, 3.05) is 7.11 Å². The van der Waals surface area contributed by atoms with Crippen LogP contribution < -0.4 is 4.74 Å². The molecule has 1 aromatic carbocycles. The first kappa shape index (κ1) is 16.0. The van der Waals surface area contributed by atoms with Crippen molar-refractivity contribution in [3.8, 4) is 16.5 Å². The Kier molecular flexibility index (Phi) is 4.97. The smallest absolute Gasteiger partial charge is 0.191 e. The molecule has 0 aliphatic carbocycles. The molecular weight excluding hydrogens is 333 g/mol. The molecule has 0 bridgehead atoms. The van der Waals surface area contributed by atoms with Crippen LogP contribution in [0.5, 0.6) is 5.75 Å². The molecule has 0 atom stereocenters. The minimum Gasteiger partial charge on any atom is -0.496 e. The van der Waals surface area contributed by atoms with E-state index in [1.54, 1.807) is 24.5 Å². The second-order valence-electron chi connectivity index (χ2n) is 4.77. The Hall–Kier alpha value is -1.86. The van der Waals surface area contributed by atoms with E-state index in [2.05, 4.69) is 21.7 Å². The standard InChI is InChI=1S/C16H16FN3OS2/c1-3-20-15(14-5-4-8-22-14)18-19-16(20)23-10-11-9-12(17)6-7-13(11)21-2/h4-9H,3,10H2,1-2H3. The normalized spacial score (nSPS) is 10.9. The highest BCUT2D eigenvalue weighted by molar-refractivity contribution is 7.98. The maximum absolute atomic E-state index is 13.4. The van der Waals surface area contributed by atoms with Gasteiger partial charge in [0.05, 0.1) is 12.0 Å². The fraction of sp³-hybridized carbons (Fsp3) is 0.250. The van der Waals surface area contributed by atoms with Gasteiger partial charge in [-0.1, -0.05) is 17.8 Å². The van der Waals surface area contributed by atoms with Gasteiger partial charge in [-0.2, -0.15) is 0 Å². The summed E-state index contributed by atoms with van der Waals surface area (Å²) < 4.78 is 20.8. The highest BCUT2D eigenvalue weighted by Gasteiger charge is 2.15. The largest absolute Gasteiger partial charge is 0.496 e. The van der Waals surface area contributed by atoms with Gasteiger partial charge in [0.25, 0.3) is 0 Å². The molecule has 2 aromatic heterocycles. The van der Waals surface area contributed by atoms with Crippen molar-refractivity contribution in [3.63, 3.8) is 0 Å². The SMILES string of the molecule is CCn1c(SCc2cc(F)ccc2OC)nnc1-c1cccs1. The van der Waals surface area contributed by atoms with Crippen LogP contribution in [0.2, 0.25) is 0 Å². The minimum atomic E-state index is -0.266. The van der Waals surface area contributed by atoms with E-state index in [1.165, 1.54) is 23.9 Å². The molecule has 3 rings (SSSR count). The molecular formula is C16H16FN3OS2. The summed E-state index contributed by atoms with van der Waals surface area (Å²) in [5.41, 5.74) is 0.806. The molecule has 0 spiro atoms. The molecule has 0 aliphatic rings. The van der Waals surface area contributed by atoms with E-state index in [0.717, 1.165) is 28.0 Å². The van der Waals surface area contributed by atoms with E-state index >= 15 is 0 Å². The zero-order valence-electron chi connectivity index (χ0n) is 12.8. The zero-order valence-corrected chi connectivity index (χ0v) is 14.5. The summed E-state index contributed by atoms with van der Waals surface area (Å²) in [4.78, 5) is 1.09. The lowest BCUT2D eigenvalue weighted by Crippen LogP contribution is -1.99. The van der Waals surface area contributed by atoms with E-state index in [-0.39, 0.29) is 5.82 Å². The molecule has 0 amide bonds. The van der Waals surface area contributed by atoms with Crippen LogP contribution in [0.1, 0.15) is 12.5 Å². The molecule has 0 N–H and O–H groups in total. The van der Waals surface area contributed by atoms with E-state index in [1.807, 2.05) is 17.5 Å². The van der Waals surface area contributed by atoms with Crippen molar-refractivity contribution in [3.05, 3.63) is 47.1 Å². The van der Waals surface area contributed by atoms with Crippen molar-refractivity contribution in [1.82, 2.24) is 14.8 Å². The van der Waals surface area contributed by atoms with Crippen molar-refractivity contribution in [2.45, 2.75) is 24.4 Å². The molecule has 0 saturated heterocycles. The second-order valence-corrected chi connectivity index (χ2v) is 6.66. The van der Waals surface area contributed by atoms with Gasteiger partial charge >= 0.3 is 0 Å². The first-order valence-electron chi connectivity index (χ1n) is 7.15. The van der Waals surface area contributed by atoms with Crippen molar-refractivity contribution in [1.29, 1.82) is 0 Å². The maximum atomic E-state index is 13.4. The summed E-state index contributed by atoms with van der Waals surface area (Å²) >= 11 is 3.17. The lowest BCUT2D eigenvalue weighted by atomic mass is 10.2. The first-order valence-corrected chi connectivity index (χ1v) is 9.01. The monoisotopic (exact) mass is 349 g/mol.